The standard InChI is InChI=1S/C48H36N2/c1-48(2)43-19-11-9-17-38(43)41-28-42-39-18-10-12-20-45(39)50(46(42)29-44(41)48)36-23-21-33-25-35-26-34(22-24-37(35)40(33)27-36)47(32-15-7-4-8-16-32)49-30-31-13-5-3-6-14-31/h3-24,26-29H,25,30H2,1-2H3/b49-47+. The number of benzene rings is 7. The highest BCUT2D eigenvalue weighted by molar-refractivity contribution is 6.14. The van der Waals surface area contributed by atoms with Crippen molar-refractivity contribution in [3.63, 3.8) is 0 Å². The second kappa shape index (κ2) is 11.0. The van der Waals surface area contributed by atoms with Gasteiger partial charge in [0.1, 0.15) is 0 Å². The second-order valence-corrected chi connectivity index (χ2v) is 14.3. The average molecular weight is 641 g/mol. The average Bonchev–Trinajstić information content (AvgIpc) is 3.76. The molecule has 10 rings (SSSR count). The van der Waals surface area contributed by atoms with Crippen LogP contribution in [0.15, 0.2) is 163 Å². The molecular formula is C48H36N2. The van der Waals surface area contributed by atoms with Crippen LogP contribution in [0.3, 0.4) is 0 Å². The van der Waals surface area contributed by atoms with Crippen LogP contribution in [0.25, 0.3) is 49.7 Å². The van der Waals surface area contributed by atoms with Gasteiger partial charge in [-0.15, -0.1) is 0 Å². The molecule has 50 heavy (non-hydrogen) atoms. The van der Waals surface area contributed by atoms with Crippen molar-refractivity contribution in [3.05, 3.63) is 197 Å². The molecular weight excluding hydrogens is 605 g/mol. The largest absolute Gasteiger partial charge is 0.309 e. The Morgan fingerprint density at radius 2 is 1.30 bits per heavy atom. The van der Waals surface area contributed by atoms with Gasteiger partial charge in [0.05, 0.1) is 23.3 Å². The van der Waals surface area contributed by atoms with Crippen molar-refractivity contribution >= 4 is 27.5 Å². The van der Waals surface area contributed by atoms with Crippen molar-refractivity contribution in [2.24, 2.45) is 4.99 Å². The number of para-hydroxylation sites is 1. The van der Waals surface area contributed by atoms with Gasteiger partial charge in [0.15, 0.2) is 0 Å². The Balaban J connectivity index is 1.09. The van der Waals surface area contributed by atoms with E-state index in [1.807, 2.05) is 0 Å². The predicted octanol–water partition coefficient (Wildman–Crippen LogP) is 11.7. The van der Waals surface area contributed by atoms with Crippen LogP contribution >= 0.6 is 0 Å². The fourth-order valence-electron chi connectivity index (χ4n) is 8.60. The molecule has 0 radical (unpaired) electrons. The highest BCUT2D eigenvalue weighted by atomic mass is 15.0. The SMILES string of the molecule is CC1(C)c2ccccc2-c2cc3c4ccccc4n(-c4ccc5c(c4)-c4ccc(/C(=N/Cc6ccccc6)c6ccccc6)cc4C5)c3cc21. The molecule has 2 aliphatic rings. The molecule has 0 aliphatic heterocycles. The molecule has 0 amide bonds. The van der Waals surface area contributed by atoms with E-state index in [0.717, 1.165) is 17.7 Å². The number of aliphatic imine (C=N–C) groups is 1. The van der Waals surface area contributed by atoms with Gasteiger partial charge in [-0.25, -0.2) is 0 Å². The van der Waals surface area contributed by atoms with E-state index < -0.39 is 0 Å². The Morgan fingerprint density at radius 1 is 0.540 bits per heavy atom. The molecule has 2 heteroatoms. The van der Waals surface area contributed by atoms with E-state index in [1.54, 1.807) is 0 Å². The Kier molecular flexibility index (Phi) is 6.38. The number of aromatic nitrogens is 1. The first-order valence-corrected chi connectivity index (χ1v) is 17.6. The van der Waals surface area contributed by atoms with Crippen LogP contribution in [0.2, 0.25) is 0 Å². The molecule has 0 N–H and O–H groups in total. The third-order valence-corrected chi connectivity index (χ3v) is 11.1. The molecule has 1 heterocycles. The zero-order valence-corrected chi connectivity index (χ0v) is 28.3. The van der Waals surface area contributed by atoms with Gasteiger partial charge >= 0.3 is 0 Å². The van der Waals surface area contributed by atoms with Crippen molar-refractivity contribution < 1.29 is 0 Å². The van der Waals surface area contributed by atoms with E-state index in [0.29, 0.717) is 6.54 Å². The zero-order valence-electron chi connectivity index (χ0n) is 28.3. The van der Waals surface area contributed by atoms with Crippen molar-refractivity contribution in [3.8, 4) is 27.9 Å². The van der Waals surface area contributed by atoms with Crippen LogP contribution in [0.1, 0.15) is 52.8 Å². The highest BCUT2D eigenvalue weighted by Crippen LogP contribution is 2.51. The van der Waals surface area contributed by atoms with E-state index in [-0.39, 0.29) is 5.41 Å². The fourth-order valence-corrected chi connectivity index (χ4v) is 8.60. The van der Waals surface area contributed by atoms with E-state index in [2.05, 4.69) is 176 Å². The summed E-state index contributed by atoms with van der Waals surface area (Å²) in [6.45, 7) is 5.39. The third kappa shape index (κ3) is 4.38. The molecule has 0 saturated heterocycles. The number of fused-ring (bicyclic) bond motifs is 9. The van der Waals surface area contributed by atoms with Crippen molar-refractivity contribution in [2.45, 2.75) is 32.2 Å². The lowest BCUT2D eigenvalue weighted by Gasteiger charge is -2.21. The van der Waals surface area contributed by atoms with Crippen LogP contribution < -0.4 is 0 Å². The maximum absolute atomic E-state index is 5.18. The quantitative estimate of drug-likeness (QED) is 0.167. The van der Waals surface area contributed by atoms with Gasteiger partial charge in [-0.2, -0.15) is 0 Å². The molecule has 8 aromatic rings. The van der Waals surface area contributed by atoms with E-state index >= 15 is 0 Å². The summed E-state index contributed by atoms with van der Waals surface area (Å²) >= 11 is 0. The number of nitrogens with zero attached hydrogens (tertiary/aromatic N) is 2. The van der Waals surface area contributed by atoms with Gasteiger partial charge in [0.25, 0.3) is 0 Å². The second-order valence-electron chi connectivity index (χ2n) is 14.3. The van der Waals surface area contributed by atoms with E-state index in [9.17, 15) is 0 Å². The number of rotatable bonds is 5. The monoisotopic (exact) mass is 640 g/mol. The first-order chi connectivity index (χ1) is 24.5. The summed E-state index contributed by atoms with van der Waals surface area (Å²) in [6.07, 6.45) is 0.923. The van der Waals surface area contributed by atoms with Gasteiger partial charge in [-0.05, 0) is 92.9 Å². The van der Waals surface area contributed by atoms with Crippen molar-refractivity contribution in [1.29, 1.82) is 0 Å². The molecule has 0 bridgehead atoms. The lowest BCUT2D eigenvalue weighted by molar-refractivity contribution is 0.661. The molecule has 1 aromatic heterocycles. The van der Waals surface area contributed by atoms with Gasteiger partial charge in [-0.3, -0.25) is 4.99 Å². The summed E-state index contributed by atoms with van der Waals surface area (Å²) in [6, 6.07) is 57.9. The number of hydrogen-bond acceptors (Lipinski definition) is 1. The molecule has 7 aromatic carbocycles. The molecule has 0 spiro atoms. The molecule has 0 fully saturated rings. The lowest BCUT2D eigenvalue weighted by atomic mass is 9.82. The van der Waals surface area contributed by atoms with Gasteiger partial charge in [-0.1, -0.05) is 135 Å². The Labute approximate surface area is 293 Å². The van der Waals surface area contributed by atoms with Crippen LogP contribution in [0.5, 0.6) is 0 Å². The summed E-state index contributed by atoms with van der Waals surface area (Å²) in [5.74, 6) is 0. The summed E-state index contributed by atoms with van der Waals surface area (Å²) in [5, 5.41) is 2.60. The summed E-state index contributed by atoms with van der Waals surface area (Å²) in [5.41, 5.74) is 19.1. The molecule has 0 saturated carbocycles. The van der Waals surface area contributed by atoms with Crippen LogP contribution in [-0.2, 0) is 18.4 Å². The fraction of sp³-hybridized carbons (Fsp3) is 0.104. The first-order valence-electron chi connectivity index (χ1n) is 17.6. The summed E-state index contributed by atoms with van der Waals surface area (Å²) in [4.78, 5) is 5.18. The summed E-state index contributed by atoms with van der Waals surface area (Å²) < 4.78 is 2.49. The first kappa shape index (κ1) is 29.0. The third-order valence-electron chi connectivity index (χ3n) is 11.1. The maximum Gasteiger partial charge on any atom is 0.0723 e. The van der Waals surface area contributed by atoms with Crippen LogP contribution in [0.4, 0.5) is 0 Å². The van der Waals surface area contributed by atoms with Gasteiger partial charge < -0.3 is 4.57 Å². The van der Waals surface area contributed by atoms with E-state index in [1.165, 1.54) is 83.1 Å². The highest BCUT2D eigenvalue weighted by Gasteiger charge is 2.36. The smallest absolute Gasteiger partial charge is 0.0723 e. The Morgan fingerprint density at radius 3 is 2.16 bits per heavy atom. The molecule has 0 atom stereocenters. The minimum Gasteiger partial charge on any atom is -0.309 e. The Hall–Kier alpha value is -5.99. The predicted molar refractivity (Wildman–Crippen MR) is 209 cm³/mol. The minimum absolute atomic E-state index is 0.0566. The van der Waals surface area contributed by atoms with Crippen LogP contribution in [0, 0.1) is 0 Å². The topological polar surface area (TPSA) is 17.3 Å². The van der Waals surface area contributed by atoms with Crippen LogP contribution in [-0.4, -0.2) is 10.3 Å². The normalized spacial score (nSPS) is 14.1. The van der Waals surface area contributed by atoms with Gasteiger partial charge in [0.2, 0.25) is 0 Å². The Bertz CT molecular complexity index is 2660. The van der Waals surface area contributed by atoms with Gasteiger partial charge in [0, 0.05) is 33.0 Å². The molecule has 2 nitrogen and oxygen atoms in total. The maximum atomic E-state index is 5.18. The zero-order chi connectivity index (χ0) is 33.4. The number of hydrogen-bond donors (Lipinski definition) is 0. The van der Waals surface area contributed by atoms with Crippen molar-refractivity contribution in [1.82, 2.24) is 4.57 Å². The summed E-state index contributed by atoms with van der Waals surface area (Å²) in [7, 11) is 0. The molecule has 0 unspecified atom stereocenters. The lowest BCUT2D eigenvalue weighted by Crippen LogP contribution is -2.14. The van der Waals surface area contributed by atoms with E-state index in [4.69, 9.17) is 4.99 Å². The van der Waals surface area contributed by atoms with Crippen molar-refractivity contribution in [2.75, 3.05) is 0 Å². The molecule has 238 valence electrons. The molecule has 2 aliphatic carbocycles. The minimum atomic E-state index is -0.0566.